The van der Waals surface area contributed by atoms with Gasteiger partial charge >= 0.3 is 0 Å². The van der Waals surface area contributed by atoms with Gasteiger partial charge in [-0.05, 0) is 25.5 Å². The van der Waals surface area contributed by atoms with Crippen LogP contribution in [0.4, 0.5) is 0 Å². The van der Waals surface area contributed by atoms with Crippen molar-refractivity contribution in [2.75, 3.05) is 0 Å². The van der Waals surface area contributed by atoms with E-state index in [1.54, 1.807) is 4.68 Å². The van der Waals surface area contributed by atoms with Crippen LogP contribution in [-0.4, -0.2) is 21.3 Å². The molecule has 0 saturated carbocycles. The summed E-state index contributed by atoms with van der Waals surface area (Å²) in [7, 11) is 0. The Kier molecular flexibility index (Phi) is 3.27. The Balaban J connectivity index is 2.69. The minimum Gasteiger partial charge on any atom is -0.296 e. The average molecular weight is 257 g/mol. The number of nitrogens with zero attached hydrogens (tertiary/aromatic N) is 3. The fourth-order valence-electron chi connectivity index (χ4n) is 2.29. The van der Waals surface area contributed by atoms with Crippen molar-refractivity contribution in [3.63, 3.8) is 0 Å². The number of carbonyl (C=O) groups is 1. The number of aryl methyl sites for hydroxylation is 2. The molecule has 1 aromatic heterocycles. The first-order valence-corrected chi connectivity index (χ1v) is 6.33. The first-order chi connectivity index (χ1) is 8.84. The van der Waals surface area contributed by atoms with E-state index in [9.17, 15) is 4.79 Å². The Hall–Kier alpha value is -1.97. The summed E-state index contributed by atoms with van der Waals surface area (Å²) >= 11 is 0. The van der Waals surface area contributed by atoms with E-state index in [-0.39, 0.29) is 5.41 Å². The summed E-state index contributed by atoms with van der Waals surface area (Å²) < 4.78 is 1.78. The molecule has 0 spiro atoms. The maximum Gasteiger partial charge on any atom is 0.172 e. The van der Waals surface area contributed by atoms with Gasteiger partial charge in [-0.25, -0.2) is 4.68 Å². The van der Waals surface area contributed by atoms with Crippen LogP contribution in [-0.2, 0) is 5.41 Å². The van der Waals surface area contributed by atoms with Gasteiger partial charge in [0.1, 0.15) is 5.69 Å². The zero-order valence-corrected chi connectivity index (χ0v) is 12.1. The number of hydrogen-bond acceptors (Lipinski definition) is 3. The molecule has 0 saturated heterocycles. The molecule has 1 aromatic carbocycles. The fourth-order valence-corrected chi connectivity index (χ4v) is 2.29. The molecular formula is C15H19N3O. The van der Waals surface area contributed by atoms with Crippen molar-refractivity contribution in [1.82, 2.24) is 15.0 Å². The molecule has 0 bridgehead atoms. The van der Waals surface area contributed by atoms with Gasteiger partial charge in [0, 0.05) is 5.41 Å². The highest BCUT2D eigenvalue weighted by Gasteiger charge is 2.26. The van der Waals surface area contributed by atoms with Crippen LogP contribution in [0, 0.1) is 13.8 Å². The van der Waals surface area contributed by atoms with Crippen molar-refractivity contribution in [3.05, 3.63) is 40.7 Å². The van der Waals surface area contributed by atoms with Crippen LogP contribution in [0.3, 0.4) is 0 Å². The lowest BCUT2D eigenvalue weighted by molar-refractivity contribution is 0.111. The average Bonchev–Trinajstić information content (AvgIpc) is 2.72. The lowest BCUT2D eigenvalue weighted by Gasteiger charge is -2.21. The van der Waals surface area contributed by atoms with Crippen LogP contribution in [0.25, 0.3) is 5.69 Å². The van der Waals surface area contributed by atoms with Crippen molar-refractivity contribution in [2.24, 2.45) is 0 Å². The van der Waals surface area contributed by atoms with Crippen LogP contribution in [0.5, 0.6) is 0 Å². The van der Waals surface area contributed by atoms with E-state index in [0.717, 1.165) is 23.2 Å². The molecule has 0 unspecified atom stereocenters. The molecule has 0 fully saturated rings. The highest BCUT2D eigenvalue weighted by atomic mass is 16.1. The summed E-state index contributed by atoms with van der Waals surface area (Å²) in [6.07, 6.45) is 0.771. The van der Waals surface area contributed by atoms with E-state index in [1.165, 1.54) is 5.56 Å². The Morgan fingerprint density at radius 1 is 1.21 bits per heavy atom. The van der Waals surface area contributed by atoms with Crippen molar-refractivity contribution in [2.45, 2.75) is 40.0 Å². The Labute approximate surface area is 113 Å². The molecule has 1 heterocycles. The second kappa shape index (κ2) is 4.61. The van der Waals surface area contributed by atoms with E-state index >= 15 is 0 Å². The number of rotatable bonds is 2. The summed E-state index contributed by atoms with van der Waals surface area (Å²) in [5, 5.41) is 8.14. The highest BCUT2D eigenvalue weighted by Crippen LogP contribution is 2.27. The molecule has 0 N–H and O–H groups in total. The van der Waals surface area contributed by atoms with Crippen molar-refractivity contribution in [3.8, 4) is 5.69 Å². The quantitative estimate of drug-likeness (QED) is 0.777. The maximum absolute atomic E-state index is 11.1. The molecule has 2 rings (SSSR count). The molecule has 19 heavy (non-hydrogen) atoms. The summed E-state index contributed by atoms with van der Waals surface area (Å²) in [5.41, 5.74) is 4.34. The van der Waals surface area contributed by atoms with Gasteiger partial charge in [0.05, 0.1) is 11.4 Å². The number of carbonyl (C=O) groups excluding carboxylic acids is 1. The molecule has 0 aliphatic rings. The van der Waals surface area contributed by atoms with Gasteiger partial charge in [-0.1, -0.05) is 43.7 Å². The lowest BCUT2D eigenvalue weighted by atomic mass is 9.90. The van der Waals surface area contributed by atoms with Gasteiger partial charge in [0.2, 0.25) is 0 Å². The van der Waals surface area contributed by atoms with Crippen molar-refractivity contribution in [1.29, 1.82) is 0 Å². The summed E-state index contributed by atoms with van der Waals surface area (Å²) in [4.78, 5) is 11.1. The molecular weight excluding hydrogens is 238 g/mol. The van der Waals surface area contributed by atoms with E-state index in [1.807, 2.05) is 19.1 Å². The van der Waals surface area contributed by atoms with Crippen LogP contribution in [0.2, 0.25) is 0 Å². The molecule has 2 aromatic rings. The highest BCUT2D eigenvalue weighted by molar-refractivity contribution is 5.74. The van der Waals surface area contributed by atoms with Crippen molar-refractivity contribution < 1.29 is 4.79 Å². The van der Waals surface area contributed by atoms with Gasteiger partial charge in [-0.2, -0.15) is 0 Å². The molecule has 0 radical (unpaired) electrons. The summed E-state index contributed by atoms with van der Waals surface area (Å²) in [5.74, 6) is 0. The van der Waals surface area contributed by atoms with Crippen LogP contribution >= 0.6 is 0 Å². The zero-order chi connectivity index (χ0) is 14.2. The number of aldehydes is 1. The number of hydrogen-bond donors (Lipinski definition) is 0. The summed E-state index contributed by atoms with van der Waals surface area (Å²) in [6.45, 7) is 10.3. The molecule has 0 atom stereocenters. The normalized spacial score (nSPS) is 11.6. The van der Waals surface area contributed by atoms with Gasteiger partial charge in [0.25, 0.3) is 0 Å². The SMILES string of the molecule is Cc1ccc(-n2nnc(C=O)c2C(C)(C)C)c(C)c1. The summed E-state index contributed by atoms with van der Waals surface area (Å²) in [6, 6.07) is 6.16. The van der Waals surface area contributed by atoms with Crippen LogP contribution in [0.15, 0.2) is 18.2 Å². The third-order valence-electron chi connectivity index (χ3n) is 3.10. The largest absolute Gasteiger partial charge is 0.296 e. The first kappa shape index (κ1) is 13.5. The molecule has 0 aliphatic heterocycles. The third kappa shape index (κ3) is 2.43. The van der Waals surface area contributed by atoms with Crippen molar-refractivity contribution >= 4 is 6.29 Å². The second-order valence-corrected chi connectivity index (χ2v) is 5.89. The first-order valence-electron chi connectivity index (χ1n) is 6.33. The van der Waals surface area contributed by atoms with Gasteiger partial charge in [0.15, 0.2) is 6.29 Å². The fraction of sp³-hybridized carbons (Fsp3) is 0.400. The second-order valence-electron chi connectivity index (χ2n) is 5.89. The van der Waals surface area contributed by atoms with E-state index in [4.69, 9.17) is 0 Å². The van der Waals surface area contributed by atoms with Gasteiger partial charge in [-0.15, -0.1) is 5.10 Å². The van der Waals surface area contributed by atoms with Crippen LogP contribution < -0.4 is 0 Å². The van der Waals surface area contributed by atoms with E-state index < -0.39 is 0 Å². The lowest BCUT2D eigenvalue weighted by Crippen LogP contribution is -2.20. The zero-order valence-electron chi connectivity index (χ0n) is 12.1. The predicted molar refractivity (Wildman–Crippen MR) is 74.9 cm³/mol. The van der Waals surface area contributed by atoms with E-state index in [2.05, 4.69) is 44.1 Å². The predicted octanol–water partition coefficient (Wildman–Crippen LogP) is 2.99. The monoisotopic (exact) mass is 257 g/mol. The van der Waals surface area contributed by atoms with Crippen LogP contribution in [0.1, 0.15) is 48.1 Å². The Morgan fingerprint density at radius 2 is 1.89 bits per heavy atom. The minimum atomic E-state index is -0.197. The van der Waals surface area contributed by atoms with E-state index in [0.29, 0.717) is 5.69 Å². The Bertz CT molecular complexity index is 621. The Morgan fingerprint density at radius 3 is 2.42 bits per heavy atom. The molecule has 0 aliphatic carbocycles. The minimum absolute atomic E-state index is 0.197. The maximum atomic E-state index is 11.1. The van der Waals surface area contributed by atoms with Gasteiger partial charge < -0.3 is 0 Å². The third-order valence-corrected chi connectivity index (χ3v) is 3.10. The molecule has 0 amide bonds. The topological polar surface area (TPSA) is 47.8 Å². The number of aromatic nitrogens is 3. The smallest absolute Gasteiger partial charge is 0.172 e. The number of benzene rings is 1. The standard InChI is InChI=1S/C15H19N3O/c1-10-6-7-13(11(2)8-10)18-14(15(3,4)5)12(9-19)16-17-18/h6-9H,1-5H3. The molecule has 4 nitrogen and oxygen atoms in total. The molecule has 100 valence electrons. The van der Waals surface area contributed by atoms with Gasteiger partial charge in [-0.3, -0.25) is 4.79 Å². The molecule has 4 heteroatoms.